The number of rotatable bonds is 8. The third-order valence-electron chi connectivity index (χ3n) is 3.95. The second-order valence-electron chi connectivity index (χ2n) is 6.15. The average Bonchev–Trinajstić information content (AvgIpc) is 3.27. The molecule has 31 heavy (non-hydrogen) atoms. The van der Waals surface area contributed by atoms with Gasteiger partial charge in [-0.25, -0.2) is 27.6 Å². The molecule has 0 saturated carbocycles. The van der Waals surface area contributed by atoms with Crippen LogP contribution in [0.5, 0.6) is 0 Å². The Labute approximate surface area is 183 Å². The van der Waals surface area contributed by atoms with Gasteiger partial charge in [0.05, 0.1) is 21.8 Å². The van der Waals surface area contributed by atoms with Gasteiger partial charge in [-0.2, -0.15) is 5.10 Å². The van der Waals surface area contributed by atoms with E-state index >= 15 is 0 Å². The molecule has 2 aromatic carbocycles. The van der Waals surface area contributed by atoms with E-state index < -0.39 is 28.5 Å². The molecular formula is C19H18ClN5O5S. The Kier molecular flexibility index (Phi) is 7.00. The van der Waals surface area contributed by atoms with Crippen molar-refractivity contribution in [3.05, 3.63) is 65.7 Å². The molecule has 1 heterocycles. The van der Waals surface area contributed by atoms with Crippen LogP contribution in [0.15, 0.2) is 60.0 Å². The van der Waals surface area contributed by atoms with Crippen molar-refractivity contribution < 1.29 is 22.7 Å². The van der Waals surface area contributed by atoms with Crippen LogP contribution in [0, 0.1) is 0 Å². The summed E-state index contributed by atoms with van der Waals surface area (Å²) in [6.07, 6.45) is 2.79. The number of benzene rings is 2. The van der Waals surface area contributed by atoms with E-state index in [-0.39, 0.29) is 17.0 Å². The molecule has 0 spiro atoms. The topological polar surface area (TPSA) is 132 Å². The Morgan fingerprint density at radius 2 is 2.00 bits per heavy atom. The summed E-state index contributed by atoms with van der Waals surface area (Å²) >= 11 is 6.01. The summed E-state index contributed by atoms with van der Waals surface area (Å²) in [6, 6.07) is 10.1. The van der Waals surface area contributed by atoms with Gasteiger partial charge in [0.1, 0.15) is 12.7 Å². The number of sulfonamides is 1. The summed E-state index contributed by atoms with van der Waals surface area (Å²) in [4.78, 5) is 28.4. The predicted octanol–water partition coefficient (Wildman–Crippen LogP) is 2.01. The van der Waals surface area contributed by atoms with Crippen LogP contribution in [0.1, 0.15) is 17.3 Å². The predicted molar refractivity (Wildman–Crippen MR) is 113 cm³/mol. The lowest BCUT2D eigenvalue weighted by molar-refractivity contribution is -0.119. The van der Waals surface area contributed by atoms with Crippen LogP contribution in [0.25, 0.3) is 5.69 Å². The van der Waals surface area contributed by atoms with Crippen LogP contribution in [0.3, 0.4) is 0 Å². The van der Waals surface area contributed by atoms with E-state index in [1.54, 1.807) is 19.1 Å². The Balaban J connectivity index is 1.67. The van der Waals surface area contributed by atoms with Gasteiger partial charge < -0.3 is 10.1 Å². The first-order valence-electron chi connectivity index (χ1n) is 9.01. The lowest BCUT2D eigenvalue weighted by atomic mass is 10.2. The molecule has 0 saturated heterocycles. The summed E-state index contributed by atoms with van der Waals surface area (Å²) in [5.74, 6) is -1.46. The van der Waals surface area contributed by atoms with Gasteiger partial charge in [0.25, 0.3) is 5.91 Å². The molecule has 0 aliphatic heterocycles. The molecule has 1 aromatic heterocycles. The lowest BCUT2D eigenvalue weighted by Crippen LogP contribution is -2.24. The fourth-order valence-corrected chi connectivity index (χ4v) is 3.86. The Morgan fingerprint density at radius 3 is 2.71 bits per heavy atom. The average molecular weight is 464 g/mol. The van der Waals surface area contributed by atoms with Crippen LogP contribution in [0.4, 0.5) is 5.69 Å². The number of nitrogens with zero attached hydrogens (tertiary/aromatic N) is 3. The van der Waals surface area contributed by atoms with Crippen LogP contribution in [-0.2, 0) is 19.6 Å². The zero-order chi connectivity index (χ0) is 22.4. The molecule has 0 aliphatic carbocycles. The van der Waals surface area contributed by atoms with Crippen molar-refractivity contribution >= 4 is 39.2 Å². The Morgan fingerprint density at radius 1 is 1.19 bits per heavy atom. The number of amides is 1. The van der Waals surface area contributed by atoms with Gasteiger partial charge in [-0.1, -0.05) is 24.6 Å². The molecule has 3 rings (SSSR count). The number of aromatic nitrogens is 3. The van der Waals surface area contributed by atoms with Crippen molar-refractivity contribution in [3.8, 4) is 5.69 Å². The van der Waals surface area contributed by atoms with Gasteiger partial charge in [-0.05, 0) is 36.4 Å². The molecule has 2 N–H and O–H groups in total. The van der Waals surface area contributed by atoms with Crippen molar-refractivity contribution in [3.63, 3.8) is 0 Å². The fraction of sp³-hybridized carbons (Fsp3) is 0.158. The first-order valence-corrected chi connectivity index (χ1v) is 10.9. The zero-order valence-electron chi connectivity index (χ0n) is 16.3. The largest absolute Gasteiger partial charge is 0.452 e. The molecule has 0 radical (unpaired) electrons. The van der Waals surface area contributed by atoms with E-state index in [0.717, 1.165) is 0 Å². The van der Waals surface area contributed by atoms with Gasteiger partial charge in [0, 0.05) is 11.6 Å². The molecule has 0 atom stereocenters. The molecule has 3 aromatic rings. The minimum Gasteiger partial charge on any atom is -0.452 e. The number of nitrogens with one attached hydrogen (secondary N) is 2. The number of anilines is 1. The number of carbonyl (C=O) groups is 2. The van der Waals surface area contributed by atoms with Crippen molar-refractivity contribution in [2.45, 2.75) is 11.8 Å². The highest BCUT2D eigenvalue weighted by molar-refractivity contribution is 7.89. The lowest BCUT2D eigenvalue weighted by Gasteiger charge is -2.12. The van der Waals surface area contributed by atoms with E-state index in [0.29, 0.717) is 16.4 Å². The third-order valence-corrected chi connectivity index (χ3v) is 5.73. The molecule has 0 fully saturated rings. The standard InChI is InChI=1S/C19H18ClN5O5S/c1-2-23-31(28,29)15-5-3-4-13(8-15)19(27)30-10-18(26)24-16-9-14(20)6-7-17(16)25-12-21-11-22-25/h3-9,11-12,23H,2,10H2,1H3,(H,24,26). The fourth-order valence-electron chi connectivity index (χ4n) is 2.61. The molecule has 1 amide bonds. The number of carbonyl (C=O) groups excluding carboxylic acids is 2. The van der Waals surface area contributed by atoms with Gasteiger partial charge >= 0.3 is 5.97 Å². The van der Waals surface area contributed by atoms with Crippen LogP contribution < -0.4 is 10.0 Å². The normalized spacial score (nSPS) is 11.2. The minimum atomic E-state index is -3.73. The van der Waals surface area contributed by atoms with Crippen LogP contribution in [0.2, 0.25) is 5.02 Å². The monoisotopic (exact) mass is 463 g/mol. The second kappa shape index (κ2) is 9.69. The highest BCUT2D eigenvalue weighted by Gasteiger charge is 2.17. The number of halogens is 1. The van der Waals surface area contributed by atoms with Crippen LogP contribution in [-0.4, -0.2) is 48.2 Å². The number of hydrogen-bond acceptors (Lipinski definition) is 7. The highest BCUT2D eigenvalue weighted by atomic mass is 35.5. The molecule has 0 unspecified atom stereocenters. The van der Waals surface area contributed by atoms with E-state index in [1.807, 2.05) is 0 Å². The number of ether oxygens (including phenoxy) is 1. The Hall–Kier alpha value is -3.28. The smallest absolute Gasteiger partial charge is 0.338 e. The summed E-state index contributed by atoms with van der Waals surface area (Å²) < 4.78 is 33.0. The molecule has 12 heteroatoms. The zero-order valence-corrected chi connectivity index (χ0v) is 17.9. The number of esters is 1. The quantitative estimate of drug-likeness (QED) is 0.488. The van der Waals surface area contributed by atoms with Crippen molar-refractivity contribution in [1.29, 1.82) is 0 Å². The summed E-state index contributed by atoms with van der Waals surface area (Å²) in [7, 11) is -3.73. The maximum absolute atomic E-state index is 12.3. The number of hydrogen-bond donors (Lipinski definition) is 2. The van der Waals surface area contributed by atoms with E-state index in [1.165, 1.54) is 47.7 Å². The van der Waals surface area contributed by atoms with E-state index in [9.17, 15) is 18.0 Å². The van der Waals surface area contributed by atoms with E-state index in [4.69, 9.17) is 16.3 Å². The summed E-state index contributed by atoms with van der Waals surface area (Å²) in [5.41, 5.74) is 0.860. The van der Waals surface area contributed by atoms with Gasteiger partial charge in [-0.3, -0.25) is 4.79 Å². The molecule has 0 bridgehead atoms. The molecule has 162 valence electrons. The first-order chi connectivity index (χ1) is 14.8. The summed E-state index contributed by atoms with van der Waals surface area (Å²) in [6.45, 7) is 1.26. The van der Waals surface area contributed by atoms with E-state index in [2.05, 4.69) is 20.1 Å². The van der Waals surface area contributed by atoms with Gasteiger partial charge in [0.15, 0.2) is 6.61 Å². The minimum absolute atomic E-state index is 0.00200. The first kappa shape index (κ1) is 22.4. The van der Waals surface area contributed by atoms with Crippen LogP contribution >= 0.6 is 11.6 Å². The maximum Gasteiger partial charge on any atom is 0.338 e. The van der Waals surface area contributed by atoms with Crippen molar-refractivity contribution in [2.75, 3.05) is 18.5 Å². The summed E-state index contributed by atoms with van der Waals surface area (Å²) in [5, 5.41) is 7.00. The van der Waals surface area contributed by atoms with Gasteiger partial charge in [-0.15, -0.1) is 0 Å². The van der Waals surface area contributed by atoms with Gasteiger partial charge in [0.2, 0.25) is 10.0 Å². The van der Waals surface area contributed by atoms with Crippen molar-refractivity contribution in [1.82, 2.24) is 19.5 Å². The van der Waals surface area contributed by atoms with Crippen molar-refractivity contribution in [2.24, 2.45) is 0 Å². The second-order valence-corrected chi connectivity index (χ2v) is 8.36. The molecular weight excluding hydrogens is 446 g/mol. The third kappa shape index (κ3) is 5.66. The Bertz CT molecular complexity index is 1200. The highest BCUT2D eigenvalue weighted by Crippen LogP contribution is 2.24. The molecule has 10 nitrogen and oxygen atoms in total. The maximum atomic E-state index is 12.3. The SMILES string of the molecule is CCNS(=O)(=O)c1cccc(C(=O)OCC(=O)Nc2cc(Cl)ccc2-n2cncn2)c1. The molecule has 0 aliphatic rings.